The van der Waals surface area contributed by atoms with Crippen molar-refractivity contribution < 1.29 is 23.8 Å². The van der Waals surface area contributed by atoms with Gasteiger partial charge in [0.05, 0.1) is 12.3 Å². The average molecular weight is 371 g/mol. The third-order valence-electron chi connectivity index (χ3n) is 3.69. The second-order valence-corrected chi connectivity index (χ2v) is 5.95. The molecule has 142 valence electrons. The van der Waals surface area contributed by atoms with Crippen LogP contribution < -0.4 is 10.1 Å². The molecule has 0 atom stereocenters. The fraction of sp³-hybridized carbons (Fsp3) is 0.238. The number of anilines is 1. The molecule has 0 unspecified atom stereocenters. The van der Waals surface area contributed by atoms with E-state index in [-0.39, 0.29) is 18.1 Å². The summed E-state index contributed by atoms with van der Waals surface area (Å²) in [7, 11) is 0. The molecule has 0 aliphatic heterocycles. The van der Waals surface area contributed by atoms with E-state index in [2.05, 4.69) is 5.32 Å². The van der Waals surface area contributed by atoms with E-state index in [1.165, 1.54) is 18.2 Å². The number of carboxylic acids is 1. The number of halogens is 1. The van der Waals surface area contributed by atoms with E-state index < -0.39 is 5.97 Å². The predicted octanol–water partition coefficient (Wildman–Crippen LogP) is 4.28. The number of nitrogens with one attached hydrogen (secondary N) is 1. The maximum atomic E-state index is 12.9. The summed E-state index contributed by atoms with van der Waals surface area (Å²) in [5.41, 5.74) is 1.98. The number of hydrogen-bond donors (Lipinski definition) is 2. The summed E-state index contributed by atoms with van der Waals surface area (Å²) in [6, 6.07) is 11.0. The minimum absolute atomic E-state index is 0.00696. The molecule has 0 aliphatic rings. The third-order valence-corrected chi connectivity index (χ3v) is 3.69. The standard InChI is InChI=1S/C21H22FNO4/c1-2-13-27-19-10-5-16(7-12-21(25)26)14-18(19)23-20(24)11-6-15-3-8-17(22)9-4-15/h3-6,8-11,14H,2,7,12-13H2,1H3,(H,23,24)(H,25,26)/b11-6+. The monoisotopic (exact) mass is 371 g/mol. The van der Waals surface area contributed by atoms with Gasteiger partial charge in [0.1, 0.15) is 11.6 Å². The number of amides is 1. The van der Waals surface area contributed by atoms with Gasteiger partial charge < -0.3 is 15.2 Å². The van der Waals surface area contributed by atoms with Gasteiger partial charge in [0.25, 0.3) is 0 Å². The Morgan fingerprint density at radius 1 is 1.19 bits per heavy atom. The molecule has 2 rings (SSSR count). The van der Waals surface area contributed by atoms with Crippen LogP contribution in [0.3, 0.4) is 0 Å². The van der Waals surface area contributed by atoms with Crippen LogP contribution >= 0.6 is 0 Å². The number of rotatable bonds is 9. The molecular weight excluding hydrogens is 349 g/mol. The number of aliphatic carboxylic acids is 1. The Kier molecular flexibility index (Phi) is 7.55. The molecule has 0 spiro atoms. The molecule has 0 bridgehead atoms. The maximum absolute atomic E-state index is 12.9. The highest BCUT2D eigenvalue weighted by Gasteiger charge is 2.09. The van der Waals surface area contributed by atoms with Crippen molar-refractivity contribution in [2.24, 2.45) is 0 Å². The fourth-order valence-corrected chi connectivity index (χ4v) is 2.34. The second-order valence-electron chi connectivity index (χ2n) is 5.95. The van der Waals surface area contributed by atoms with Gasteiger partial charge in [-0.25, -0.2) is 4.39 Å². The molecule has 2 aromatic rings. The molecule has 0 saturated heterocycles. The van der Waals surface area contributed by atoms with Gasteiger partial charge in [0, 0.05) is 12.5 Å². The van der Waals surface area contributed by atoms with E-state index in [1.807, 2.05) is 6.92 Å². The van der Waals surface area contributed by atoms with E-state index in [1.54, 1.807) is 36.4 Å². The van der Waals surface area contributed by atoms with Crippen LogP contribution in [0.25, 0.3) is 6.08 Å². The van der Waals surface area contributed by atoms with Crippen molar-refractivity contribution in [1.82, 2.24) is 0 Å². The molecule has 6 heteroatoms. The highest BCUT2D eigenvalue weighted by Crippen LogP contribution is 2.27. The zero-order chi connectivity index (χ0) is 19.6. The summed E-state index contributed by atoms with van der Waals surface area (Å²) in [5, 5.41) is 11.6. The Labute approximate surface area is 157 Å². The molecule has 0 fully saturated rings. The van der Waals surface area contributed by atoms with Gasteiger partial charge in [0.15, 0.2) is 0 Å². The van der Waals surface area contributed by atoms with Gasteiger partial charge in [0.2, 0.25) is 5.91 Å². The number of hydrogen-bond acceptors (Lipinski definition) is 3. The lowest BCUT2D eigenvalue weighted by Gasteiger charge is -2.13. The molecule has 0 heterocycles. The maximum Gasteiger partial charge on any atom is 0.303 e. The van der Waals surface area contributed by atoms with Crippen molar-refractivity contribution in [1.29, 1.82) is 0 Å². The quantitative estimate of drug-likeness (QED) is 0.645. The van der Waals surface area contributed by atoms with Crippen LogP contribution in [0.1, 0.15) is 30.9 Å². The van der Waals surface area contributed by atoms with E-state index in [4.69, 9.17) is 9.84 Å². The van der Waals surface area contributed by atoms with Crippen molar-refractivity contribution in [3.8, 4) is 5.75 Å². The van der Waals surface area contributed by atoms with Crippen LogP contribution in [-0.2, 0) is 16.0 Å². The average Bonchev–Trinajstić information content (AvgIpc) is 2.65. The SMILES string of the molecule is CCCOc1ccc(CCC(=O)O)cc1NC(=O)/C=C/c1ccc(F)cc1. The normalized spacial score (nSPS) is 10.7. The van der Waals surface area contributed by atoms with Crippen LogP contribution in [0.4, 0.5) is 10.1 Å². The van der Waals surface area contributed by atoms with Crippen molar-refractivity contribution in [3.05, 3.63) is 65.5 Å². The van der Waals surface area contributed by atoms with Crippen molar-refractivity contribution in [2.75, 3.05) is 11.9 Å². The lowest BCUT2D eigenvalue weighted by atomic mass is 10.1. The first-order valence-corrected chi connectivity index (χ1v) is 8.70. The summed E-state index contributed by atoms with van der Waals surface area (Å²) in [4.78, 5) is 23.0. The molecule has 2 N–H and O–H groups in total. The van der Waals surface area contributed by atoms with Gasteiger partial charge in [-0.3, -0.25) is 9.59 Å². The van der Waals surface area contributed by atoms with Gasteiger partial charge in [-0.2, -0.15) is 0 Å². The molecule has 0 aliphatic carbocycles. The lowest BCUT2D eigenvalue weighted by molar-refractivity contribution is -0.137. The summed E-state index contributed by atoms with van der Waals surface area (Å²) < 4.78 is 18.6. The van der Waals surface area contributed by atoms with E-state index in [9.17, 15) is 14.0 Å². The van der Waals surface area contributed by atoms with Crippen LogP contribution in [-0.4, -0.2) is 23.6 Å². The number of carbonyl (C=O) groups excluding carboxylic acids is 1. The zero-order valence-corrected chi connectivity index (χ0v) is 15.1. The summed E-state index contributed by atoms with van der Waals surface area (Å²) in [6.45, 7) is 2.48. The summed E-state index contributed by atoms with van der Waals surface area (Å²) in [5.74, 6) is -1.06. The first kappa shape index (κ1) is 20.2. The highest BCUT2D eigenvalue weighted by atomic mass is 19.1. The predicted molar refractivity (Wildman–Crippen MR) is 102 cm³/mol. The molecule has 5 nitrogen and oxygen atoms in total. The van der Waals surface area contributed by atoms with Gasteiger partial charge >= 0.3 is 5.97 Å². The highest BCUT2D eigenvalue weighted by molar-refractivity contribution is 6.02. The van der Waals surface area contributed by atoms with Crippen LogP contribution in [0.2, 0.25) is 0 Å². The first-order chi connectivity index (χ1) is 13.0. The second kappa shape index (κ2) is 10.1. The Morgan fingerprint density at radius 3 is 2.59 bits per heavy atom. The third kappa shape index (κ3) is 6.93. The Hall–Kier alpha value is -3.15. The Bertz CT molecular complexity index is 815. The number of carboxylic acid groups (broad SMARTS) is 1. The number of carbonyl (C=O) groups is 2. The lowest BCUT2D eigenvalue weighted by Crippen LogP contribution is -2.10. The largest absolute Gasteiger partial charge is 0.491 e. The molecule has 0 radical (unpaired) electrons. The van der Waals surface area contributed by atoms with Crippen molar-refractivity contribution >= 4 is 23.6 Å². The zero-order valence-electron chi connectivity index (χ0n) is 15.1. The first-order valence-electron chi connectivity index (χ1n) is 8.70. The molecule has 27 heavy (non-hydrogen) atoms. The smallest absolute Gasteiger partial charge is 0.303 e. The van der Waals surface area contributed by atoms with Gasteiger partial charge in [-0.15, -0.1) is 0 Å². The van der Waals surface area contributed by atoms with E-state index in [0.29, 0.717) is 30.0 Å². The summed E-state index contributed by atoms with van der Waals surface area (Å²) >= 11 is 0. The topological polar surface area (TPSA) is 75.6 Å². The Morgan fingerprint density at radius 2 is 1.93 bits per heavy atom. The van der Waals surface area contributed by atoms with E-state index >= 15 is 0 Å². The van der Waals surface area contributed by atoms with Crippen LogP contribution in [0.15, 0.2) is 48.5 Å². The minimum atomic E-state index is -0.880. The van der Waals surface area contributed by atoms with Gasteiger partial charge in [-0.1, -0.05) is 25.1 Å². The van der Waals surface area contributed by atoms with Crippen molar-refractivity contribution in [2.45, 2.75) is 26.2 Å². The number of ether oxygens (including phenoxy) is 1. The fourth-order valence-electron chi connectivity index (χ4n) is 2.34. The molecule has 1 amide bonds. The van der Waals surface area contributed by atoms with Crippen LogP contribution in [0.5, 0.6) is 5.75 Å². The van der Waals surface area contributed by atoms with E-state index in [0.717, 1.165) is 12.0 Å². The molecule has 2 aromatic carbocycles. The number of benzene rings is 2. The van der Waals surface area contributed by atoms with Crippen molar-refractivity contribution in [3.63, 3.8) is 0 Å². The molecule has 0 saturated carbocycles. The molecule has 0 aromatic heterocycles. The van der Waals surface area contributed by atoms with Crippen LogP contribution in [0, 0.1) is 5.82 Å². The van der Waals surface area contributed by atoms with Gasteiger partial charge in [-0.05, 0) is 54.3 Å². The summed E-state index contributed by atoms with van der Waals surface area (Å²) in [6.07, 6.45) is 4.11. The minimum Gasteiger partial charge on any atom is -0.491 e. The Balaban J connectivity index is 2.12. The molecular formula is C21H22FNO4. The number of aryl methyl sites for hydroxylation is 1.